The topological polar surface area (TPSA) is 79.5 Å². The van der Waals surface area contributed by atoms with E-state index in [2.05, 4.69) is 40.2 Å². The fourth-order valence-electron chi connectivity index (χ4n) is 3.78. The Morgan fingerprint density at radius 1 is 1.00 bits per heavy atom. The second-order valence-electron chi connectivity index (χ2n) is 7.74. The van der Waals surface area contributed by atoms with Crippen molar-refractivity contribution in [3.8, 4) is 17.6 Å². The number of carboxylic acids is 1. The van der Waals surface area contributed by atoms with E-state index in [-0.39, 0.29) is 5.56 Å². The van der Waals surface area contributed by atoms with E-state index >= 15 is 0 Å². The highest BCUT2D eigenvalue weighted by Crippen LogP contribution is 2.38. The van der Waals surface area contributed by atoms with Crippen molar-refractivity contribution in [2.75, 3.05) is 6.61 Å². The molecule has 35 heavy (non-hydrogen) atoms. The number of benzene rings is 4. The smallest absolute Gasteiger partial charge is 0.335 e. The maximum absolute atomic E-state index is 11.1. The summed E-state index contributed by atoms with van der Waals surface area (Å²) in [5.41, 5.74) is 3.01. The van der Waals surface area contributed by atoms with E-state index in [0.717, 1.165) is 21.9 Å². The highest BCUT2D eigenvalue weighted by Gasteiger charge is 2.14. The largest absolute Gasteiger partial charge is 0.490 e. The fourth-order valence-corrected chi connectivity index (χ4v) is 4.36. The number of nitrogens with zero attached hydrogens (tertiary/aromatic N) is 1. The van der Waals surface area contributed by atoms with Gasteiger partial charge in [0.1, 0.15) is 6.61 Å². The molecule has 0 fully saturated rings. The number of allylic oxidation sites excluding steroid dienone is 1. The number of carbonyl (C=O) groups is 1. The summed E-state index contributed by atoms with van der Waals surface area (Å²) in [6.45, 7) is 2.72. The lowest BCUT2D eigenvalue weighted by atomic mass is 10.0. The molecular formula is C29H22BrNO4. The molecule has 0 amide bonds. The van der Waals surface area contributed by atoms with Crippen LogP contribution in [-0.4, -0.2) is 17.7 Å². The van der Waals surface area contributed by atoms with E-state index in [1.54, 1.807) is 18.2 Å². The van der Waals surface area contributed by atoms with Crippen molar-refractivity contribution in [1.29, 1.82) is 5.26 Å². The lowest BCUT2D eigenvalue weighted by molar-refractivity contribution is 0.0697. The number of hydrogen-bond acceptors (Lipinski definition) is 4. The maximum Gasteiger partial charge on any atom is 0.335 e. The first-order valence-corrected chi connectivity index (χ1v) is 11.8. The Balaban J connectivity index is 1.64. The van der Waals surface area contributed by atoms with Crippen molar-refractivity contribution in [2.45, 2.75) is 13.5 Å². The molecule has 4 aromatic rings. The fraction of sp³-hybridized carbons (Fsp3) is 0.103. The van der Waals surface area contributed by atoms with Gasteiger partial charge >= 0.3 is 5.97 Å². The van der Waals surface area contributed by atoms with Crippen molar-refractivity contribution < 1.29 is 19.4 Å². The van der Waals surface area contributed by atoms with Crippen LogP contribution >= 0.6 is 15.9 Å². The number of ether oxygens (including phenoxy) is 2. The Kier molecular flexibility index (Phi) is 7.49. The van der Waals surface area contributed by atoms with Crippen LogP contribution < -0.4 is 9.47 Å². The third-order valence-electron chi connectivity index (χ3n) is 5.46. The third-order valence-corrected chi connectivity index (χ3v) is 6.05. The van der Waals surface area contributed by atoms with E-state index < -0.39 is 5.97 Å². The Morgan fingerprint density at radius 2 is 1.71 bits per heavy atom. The van der Waals surface area contributed by atoms with Gasteiger partial charge in [-0.15, -0.1) is 0 Å². The Morgan fingerprint density at radius 3 is 2.43 bits per heavy atom. The van der Waals surface area contributed by atoms with Crippen LogP contribution in [0, 0.1) is 11.3 Å². The zero-order valence-corrected chi connectivity index (χ0v) is 20.6. The van der Waals surface area contributed by atoms with Crippen LogP contribution in [0.2, 0.25) is 0 Å². The Hall–Kier alpha value is -4.08. The third kappa shape index (κ3) is 5.53. The lowest BCUT2D eigenvalue weighted by Crippen LogP contribution is -2.01. The minimum absolute atomic E-state index is 0.167. The molecule has 0 unspecified atom stereocenters. The molecule has 0 saturated carbocycles. The minimum atomic E-state index is -1.01. The first-order valence-electron chi connectivity index (χ1n) is 11.0. The quantitative estimate of drug-likeness (QED) is 0.191. The molecule has 6 heteroatoms. The Bertz CT molecular complexity index is 1450. The number of aromatic carboxylic acids is 1. The SMILES string of the molecule is CCOc1cc(/C=C(/C#N)c2ccc(C(=O)O)cc2)cc(Br)c1OCc1cccc2ccccc12. The van der Waals surface area contributed by atoms with Gasteiger partial charge in [0.2, 0.25) is 0 Å². The van der Waals surface area contributed by atoms with Crippen molar-refractivity contribution >= 4 is 44.3 Å². The van der Waals surface area contributed by atoms with Gasteiger partial charge in [-0.05, 0) is 80.7 Å². The van der Waals surface area contributed by atoms with E-state index in [1.165, 1.54) is 12.1 Å². The van der Waals surface area contributed by atoms with E-state index in [4.69, 9.17) is 14.6 Å². The summed E-state index contributed by atoms with van der Waals surface area (Å²) in [6, 6.07) is 26.4. The summed E-state index contributed by atoms with van der Waals surface area (Å²) in [5.74, 6) is 0.136. The molecule has 0 aliphatic rings. The second-order valence-corrected chi connectivity index (χ2v) is 8.60. The zero-order chi connectivity index (χ0) is 24.8. The summed E-state index contributed by atoms with van der Waals surface area (Å²) in [6.07, 6.45) is 1.73. The molecule has 0 atom stereocenters. The van der Waals surface area contributed by atoms with E-state index in [1.807, 2.05) is 43.3 Å². The average molecular weight is 528 g/mol. The summed E-state index contributed by atoms with van der Waals surface area (Å²) in [4.78, 5) is 11.1. The summed E-state index contributed by atoms with van der Waals surface area (Å²) in [7, 11) is 0. The molecule has 0 heterocycles. The van der Waals surface area contributed by atoms with Crippen LogP contribution in [0.15, 0.2) is 83.3 Å². The molecule has 0 bridgehead atoms. The molecular weight excluding hydrogens is 506 g/mol. The molecule has 0 aliphatic heterocycles. The number of carboxylic acid groups (broad SMARTS) is 1. The highest BCUT2D eigenvalue weighted by molar-refractivity contribution is 9.10. The van der Waals surface area contributed by atoms with Gasteiger partial charge in [-0.2, -0.15) is 5.26 Å². The predicted octanol–water partition coefficient (Wildman–Crippen LogP) is 7.34. The van der Waals surface area contributed by atoms with Crippen LogP contribution in [0.3, 0.4) is 0 Å². The van der Waals surface area contributed by atoms with Crippen molar-refractivity contribution in [2.24, 2.45) is 0 Å². The van der Waals surface area contributed by atoms with Gasteiger partial charge in [0.25, 0.3) is 0 Å². The first kappa shape index (κ1) is 24.1. The van der Waals surface area contributed by atoms with Crippen LogP contribution in [0.4, 0.5) is 0 Å². The molecule has 0 saturated heterocycles. The van der Waals surface area contributed by atoms with Crippen LogP contribution in [-0.2, 0) is 6.61 Å². The highest BCUT2D eigenvalue weighted by atomic mass is 79.9. The standard InChI is InChI=1S/C29H22BrNO4/c1-2-34-27-16-19(14-24(17-31)20-10-12-22(13-11-20)29(32)33)15-26(30)28(27)35-18-23-8-5-7-21-6-3-4-9-25(21)23/h3-16H,2,18H2,1H3,(H,32,33)/b24-14-. The molecule has 0 spiro atoms. The van der Waals surface area contributed by atoms with Crippen molar-refractivity contribution in [1.82, 2.24) is 0 Å². The van der Waals surface area contributed by atoms with Gasteiger partial charge in [-0.3, -0.25) is 0 Å². The molecule has 4 aromatic carbocycles. The number of fused-ring (bicyclic) bond motifs is 1. The molecule has 1 N–H and O–H groups in total. The second kappa shape index (κ2) is 10.9. The molecule has 0 aliphatic carbocycles. The van der Waals surface area contributed by atoms with E-state index in [0.29, 0.717) is 40.3 Å². The van der Waals surface area contributed by atoms with Crippen molar-refractivity contribution in [3.05, 3.63) is 106 Å². The zero-order valence-electron chi connectivity index (χ0n) is 19.0. The lowest BCUT2D eigenvalue weighted by Gasteiger charge is -2.16. The van der Waals surface area contributed by atoms with Gasteiger partial charge in [-0.1, -0.05) is 54.6 Å². The average Bonchev–Trinajstić information content (AvgIpc) is 2.87. The first-order chi connectivity index (χ1) is 17.0. The normalized spacial score (nSPS) is 11.2. The van der Waals surface area contributed by atoms with Crippen LogP contribution in [0.25, 0.3) is 22.4 Å². The summed E-state index contributed by atoms with van der Waals surface area (Å²) in [5, 5.41) is 21.1. The van der Waals surface area contributed by atoms with Crippen molar-refractivity contribution in [3.63, 3.8) is 0 Å². The number of halogens is 1. The van der Waals surface area contributed by atoms with Crippen LogP contribution in [0.1, 0.15) is 34.0 Å². The summed E-state index contributed by atoms with van der Waals surface area (Å²) >= 11 is 3.60. The molecule has 5 nitrogen and oxygen atoms in total. The maximum atomic E-state index is 11.1. The minimum Gasteiger partial charge on any atom is -0.490 e. The summed E-state index contributed by atoms with van der Waals surface area (Å²) < 4.78 is 12.8. The Labute approximate surface area is 212 Å². The molecule has 0 aromatic heterocycles. The van der Waals surface area contributed by atoms with Crippen LogP contribution in [0.5, 0.6) is 11.5 Å². The molecule has 4 rings (SSSR count). The van der Waals surface area contributed by atoms with Gasteiger partial charge in [0, 0.05) is 0 Å². The monoisotopic (exact) mass is 527 g/mol. The number of nitriles is 1. The predicted molar refractivity (Wildman–Crippen MR) is 140 cm³/mol. The van der Waals surface area contributed by atoms with E-state index in [9.17, 15) is 10.1 Å². The molecule has 0 radical (unpaired) electrons. The number of hydrogen-bond donors (Lipinski definition) is 1. The van der Waals surface area contributed by atoms with Gasteiger partial charge in [0.15, 0.2) is 11.5 Å². The number of rotatable bonds is 8. The van der Waals surface area contributed by atoms with Gasteiger partial charge in [0.05, 0.1) is 28.3 Å². The molecule has 174 valence electrons. The van der Waals surface area contributed by atoms with Gasteiger partial charge in [-0.25, -0.2) is 4.79 Å². The van der Waals surface area contributed by atoms with Gasteiger partial charge < -0.3 is 14.6 Å².